The molecule has 1 aromatic heterocycles. The highest BCUT2D eigenvalue weighted by molar-refractivity contribution is 5.54. The van der Waals surface area contributed by atoms with Crippen molar-refractivity contribution in [3.05, 3.63) is 96.2 Å². The highest BCUT2D eigenvalue weighted by Crippen LogP contribution is 2.51. The second-order valence-corrected chi connectivity index (χ2v) is 6.14. The topological polar surface area (TPSA) is 40.8 Å². The zero-order valence-electron chi connectivity index (χ0n) is 14.7. The van der Waals surface area contributed by atoms with Crippen LogP contribution in [0.2, 0.25) is 0 Å². The Morgan fingerprint density at radius 1 is 0.846 bits per heavy atom. The van der Waals surface area contributed by atoms with Crippen molar-refractivity contribution in [3.8, 4) is 11.5 Å². The van der Waals surface area contributed by atoms with Crippen LogP contribution in [0.25, 0.3) is 0 Å². The van der Waals surface area contributed by atoms with Gasteiger partial charge in [-0.3, -0.25) is 0 Å². The van der Waals surface area contributed by atoms with Gasteiger partial charge in [-0.15, -0.1) is 0 Å². The van der Waals surface area contributed by atoms with Crippen molar-refractivity contribution < 1.29 is 18.6 Å². The van der Waals surface area contributed by atoms with Crippen LogP contribution in [0.15, 0.2) is 83.7 Å². The Labute approximate surface area is 152 Å². The zero-order valence-corrected chi connectivity index (χ0v) is 14.7. The van der Waals surface area contributed by atoms with Gasteiger partial charge >= 0.3 is 0 Å². The van der Waals surface area contributed by atoms with Gasteiger partial charge in [-0.25, -0.2) is 0 Å². The van der Waals surface area contributed by atoms with Gasteiger partial charge in [-0.05, 0) is 41.5 Å². The number of benzene rings is 2. The van der Waals surface area contributed by atoms with Gasteiger partial charge in [0.15, 0.2) is 17.6 Å². The van der Waals surface area contributed by atoms with Gasteiger partial charge in [0.2, 0.25) is 0 Å². The van der Waals surface area contributed by atoms with E-state index >= 15 is 0 Å². The highest BCUT2D eigenvalue weighted by atomic mass is 16.5. The van der Waals surface area contributed by atoms with E-state index in [1.165, 1.54) is 0 Å². The molecule has 0 bridgehead atoms. The molecular formula is C22H20O4. The summed E-state index contributed by atoms with van der Waals surface area (Å²) in [6, 6.07) is 20.1. The molecule has 1 aliphatic heterocycles. The van der Waals surface area contributed by atoms with E-state index in [-0.39, 0.29) is 6.10 Å². The van der Waals surface area contributed by atoms with E-state index in [2.05, 4.69) is 18.2 Å². The summed E-state index contributed by atoms with van der Waals surface area (Å²) in [5.74, 6) is 2.14. The monoisotopic (exact) mass is 348 g/mol. The summed E-state index contributed by atoms with van der Waals surface area (Å²) < 4.78 is 22.6. The molecule has 4 nitrogen and oxygen atoms in total. The van der Waals surface area contributed by atoms with Crippen LogP contribution < -0.4 is 9.47 Å². The number of hydrogen-bond donors (Lipinski definition) is 0. The lowest BCUT2D eigenvalue weighted by molar-refractivity contribution is 0.108. The predicted molar refractivity (Wildman–Crippen MR) is 98.4 cm³/mol. The van der Waals surface area contributed by atoms with Crippen LogP contribution in [0.4, 0.5) is 0 Å². The first kappa shape index (κ1) is 16.3. The van der Waals surface area contributed by atoms with Crippen LogP contribution >= 0.6 is 0 Å². The van der Waals surface area contributed by atoms with E-state index in [9.17, 15) is 0 Å². The number of furan rings is 1. The number of ether oxygens (including phenoxy) is 3. The van der Waals surface area contributed by atoms with E-state index in [0.717, 1.165) is 16.9 Å². The average molecular weight is 348 g/mol. The predicted octanol–water partition coefficient (Wildman–Crippen LogP) is 4.87. The average Bonchev–Trinajstić information content (AvgIpc) is 3.38. The molecular weight excluding hydrogens is 328 g/mol. The standard InChI is InChI=1S/C22H20O4/c1-23-18-11-10-17(15-20(18)24-2)22(16-7-4-3-5-8-16)12-14-26-21(22)19-9-6-13-25-19/h3-15,21H,1-2H3. The van der Waals surface area contributed by atoms with Crippen molar-refractivity contribution in [1.82, 2.24) is 0 Å². The van der Waals surface area contributed by atoms with Gasteiger partial charge in [-0.2, -0.15) is 0 Å². The minimum Gasteiger partial charge on any atom is -0.493 e. The molecule has 4 heteroatoms. The first-order valence-corrected chi connectivity index (χ1v) is 8.44. The lowest BCUT2D eigenvalue weighted by atomic mass is 9.70. The quantitative estimate of drug-likeness (QED) is 0.660. The third kappa shape index (κ3) is 2.46. The van der Waals surface area contributed by atoms with E-state index < -0.39 is 5.41 Å². The lowest BCUT2D eigenvalue weighted by Gasteiger charge is -2.33. The third-order valence-corrected chi connectivity index (χ3v) is 4.87. The van der Waals surface area contributed by atoms with Gasteiger partial charge in [0, 0.05) is 0 Å². The van der Waals surface area contributed by atoms with Crippen molar-refractivity contribution >= 4 is 0 Å². The molecule has 0 spiro atoms. The van der Waals surface area contributed by atoms with Gasteiger partial charge < -0.3 is 18.6 Å². The minimum absolute atomic E-state index is 0.307. The fourth-order valence-electron chi connectivity index (χ4n) is 3.62. The Bertz CT molecular complexity index is 899. The molecule has 0 amide bonds. The minimum atomic E-state index is -0.529. The van der Waals surface area contributed by atoms with Crippen molar-refractivity contribution in [1.29, 1.82) is 0 Å². The molecule has 0 N–H and O–H groups in total. The molecule has 132 valence electrons. The van der Waals surface area contributed by atoms with Crippen LogP contribution in [0.5, 0.6) is 11.5 Å². The smallest absolute Gasteiger partial charge is 0.172 e. The van der Waals surface area contributed by atoms with Gasteiger partial charge in [0.1, 0.15) is 5.76 Å². The van der Waals surface area contributed by atoms with Crippen molar-refractivity contribution in [3.63, 3.8) is 0 Å². The fourth-order valence-corrected chi connectivity index (χ4v) is 3.62. The van der Waals surface area contributed by atoms with E-state index in [0.29, 0.717) is 11.5 Å². The number of hydrogen-bond acceptors (Lipinski definition) is 4. The molecule has 0 saturated heterocycles. The highest BCUT2D eigenvalue weighted by Gasteiger charge is 2.47. The molecule has 0 aliphatic carbocycles. The van der Waals surface area contributed by atoms with Crippen LogP contribution in [-0.4, -0.2) is 14.2 Å². The summed E-state index contributed by atoms with van der Waals surface area (Å²) >= 11 is 0. The van der Waals surface area contributed by atoms with Crippen molar-refractivity contribution in [2.75, 3.05) is 14.2 Å². The van der Waals surface area contributed by atoms with Crippen molar-refractivity contribution in [2.45, 2.75) is 11.5 Å². The van der Waals surface area contributed by atoms with E-state index in [1.807, 2.05) is 48.5 Å². The van der Waals surface area contributed by atoms with E-state index in [1.54, 1.807) is 26.7 Å². The Kier molecular flexibility index (Phi) is 4.17. The lowest BCUT2D eigenvalue weighted by Crippen LogP contribution is -2.30. The SMILES string of the molecule is COc1ccc(C2(c3ccccc3)C=COC2c2ccco2)cc1OC. The Balaban J connectivity index is 1.94. The van der Waals surface area contributed by atoms with Gasteiger partial charge in [0.25, 0.3) is 0 Å². The molecule has 3 aromatic rings. The van der Waals surface area contributed by atoms with Crippen LogP contribution in [0.1, 0.15) is 23.0 Å². The maximum atomic E-state index is 6.01. The molecule has 26 heavy (non-hydrogen) atoms. The Morgan fingerprint density at radius 2 is 1.65 bits per heavy atom. The summed E-state index contributed by atoms with van der Waals surface area (Å²) in [6.07, 6.45) is 5.19. The molecule has 4 rings (SSSR count). The second-order valence-electron chi connectivity index (χ2n) is 6.14. The van der Waals surface area contributed by atoms with Crippen LogP contribution in [0, 0.1) is 0 Å². The zero-order chi connectivity index (χ0) is 18.0. The van der Waals surface area contributed by atoms with Crippen molar-refractivity contribution in [2.24, 2.45) is 0 Å². The van der Waals surface area contributed by atoms with Crippen LogP contribution in [-0.2, 0) is 10.2 Å². The molecule has 0 saturated carbocycles. The molecule has 2 atom stereocenters. The summed E-state index contributed by atoms with van der Waals surface area (Å²) in [5, 5.41) is 0. The first-order chi connectivity index (χ1) is 12.8. The largest absolute Gasteiger partial charge is 0.493 e. The Hall–Kier alpha value is -3.14. The molecule has 0 fully saturated rings. The molecule has 0 radical (unpaired) electrons. The van der Waals surface area contributed by atoms with Gasteiger partial charge in [0.05, 0.1) is 32.2 Å². The molecule has 1 aliphatic rings. The third-order valence-electron chi connectivity index (χ3n) is 4.87. The Morgan fingerprint density at radius 3 is 2.35 bits per heavy atom. The first-order valence-electron chi connectivity index (χ1n) is 8.44. The number of rotatable bonds is 5. The second kappa shape index (κ2) is 6.64. The summed E-state index contributed by atoms with van der Waals surface area (Å²) in [6.45, 7) is 0. The maximum absolute atomic E-state index is 6.01. The molecule has 2 heterocycles. The maximum Gasteiger partial charge on any atom is 0.172 e. The van der Waals surface area contributed by atoms with Crippen LogP contribution in [0.3, 0.4) is 0 Å². The number of methoxy groups -OCH3 is 2. The molecule has 2 aromatic carbocycles. The summed E-state index contributed by atoms with van der Waals surface area (Å²) in [4.78, 5) is 0. The van der Waals surface area contributed by atoms with Gasteiger partial charge in [-0.1, -0.05) is 36.4 Å². The summed E-state index contributed by atoms with van der Waals surface area (Å²) in [5.41, 5.74) is 1.62. The summed E-state index contributed by atoms with van der Waals surface area (Å²) in [7, 11) is 3.27. The fraction of sp³-hybridized carbons (Fsp3) is 0.182. The molecule has 2 unspecified atom stereocenters. The van der Waals surface area contributed by atoms with E-state index in [4.69, 9.17) is 18.6 Å². The normalized spacial score (nSPS) is 21.4.